The third kappa shape index (κ3) is 6.22. The molecule has 152 valence electrons. The molecule has 0 saturated heterocycles. The standard InChI is InChI=1S/C22H31N3O3/c1-14(2)5-10-18(15(3)4)21(26)24-20(22(27)28)13-16-6-8-17(9-7-16)19-11-12-23-25-19/h6-9,11-12,14-15,18,20H,5,10,13H2,1-4H3,(H,23,25)(H,24,26)(H,27,28)/t18-,20-/m0/s1. The smallest absolute Gasteiger partial charge is 0.326 e. The molecule has 6 heteroatoms. The molecule has 2 atom stereocenters. The number of nitrogens with one attached hydrogen (secondary N) is 2. The molecule has 0 aliphatic carbocycles. The molecule has 0 spiro atoms. The highest BCUT2D eigenvalue weighted by atomic mass is 16.4. The fourth-order valence-corrected chi connectivity index (χ4v) is 3.23. The van der Waals surface area contributed by atoms with Crippen molar-refractivity contribution >= 4 is 11.9 Å². The SMILES string of the molecule is CC(C)CC[C@H](C(=O)N[C@@H](Cc1ccc(-c2ccn[nH]2)cc1)C(=O)O)C(C)C. The minimum Gasteiger partial charge on any atom is -0.480 e. The molecule has 2 aromatic rings. The van der Waals surface area contributed by atoms with Crippen molar-refractivity contribution in [3.63, 3.8) is 0 Å². The molecule has 1 aromatic carbocycles. The van der Waals surface area contributed by atoms with Gasteiger partial charge < -0.3 is 10.4 Å². The zero-order valence-electron chi connectivity index (χ0n) is 17.1. The quantitative estimate of drug-likeness (QED) is 0.578. The van der Waals surface area contributed by atoms with Crippen LogP contribution < -0.4 is 5.32 Å². The van der Waals surface area contributed by atoms with Crippen LogP contribution in [0.3, 0.4) is 0 Å². The van der Waals surface area contributed by atoms with Gasteiger partial charge in [0.25, 0.3) is 0 Å². The summed E-state index contributed by atoms with van der Waals surface area (Å²) >= 11 is 0. The Labute approximate surface area is 166 Å². The average Bonchev–Trinajstić information content (AvgIpc) is 3.16. The summed E-state index contributed by atoms with van der Waals surface area (Å²) in [5.41, 5.74) is 2.74. The van der Waals surface area contributed by atoms with E-state index >= 15 is 0 Å². The van der Waals surface area contributed by atoms with E-state index in [1.807, 2.05) is 44.2 Å². The Hall–Kier alpha value is -2.63. The number of aromatic nitrogens is 2. The Morgan fingerprint density at radius 1 is 1.07 bits per heavy atom. The van der Waals surface area contributed by atoms with Crippen LogP contribution in [0.15, 0.2) is 36.5 Å². The minimum absolute atomic E-state index is 0.168. The number of nitrogens with zero attached hydrogens (tertiary/aromatic N) is 1. The molecular weight excluding hydrogens is 354 g/mol. The maximum absolute atomic E-state index is 12.7. The number of hydrogen-bond donors (Lipinski definition) is 3. The summed E-state index contributed by atoms with van der Waals surface area (Å²) in [6, 6.07) is 8.55. The topological polar surface area (TPSA) is 95.1 Å². The number of aromatic amines is 1. The highest BCUT2D eigenvalue weighted by molar-refractivity contribution is 5.85. The summed E-state index contributed by atoms with van der Waals surface area (Å²) < 4.78 is 0. The molecule has 28 heavy (non-hydrogen) atoms. The Balaban J connectivity index is 2.04. The predicted molar refractivity (Wildman–Crippen MR) is 110 cm³/mol. The van der Waals surface area contributed by atoms with Gasteiger partial charge in [-0.05, 0) is 35.4 Å². The van der Waals surface area contributed by atoms with Gasteiger partial charge >= 0.3 is 5.97 Å². The molecule has 1 aromatic heterocycles. The second kappa shape index (κ2) is 10.1. The van der Waals surface area contributed by atoms with Crippen LogP contribution >= 0.6 is 0 Å². The first-order chi connectivity index (χ1) is 13.3. The summed E-state index contributed by atoms with van der Waals surface area (Å²) in [5.74, 6) is -0.680. The lowest BCUT2D eigenvalue weighted by Gasteiger charge is -2.23. The van der Waals surface area contributed by atoms with E-state index in [-0.39, 0.29) is 24.2 Å². The third-order valence-electron chi connectivity index (χ3n) is 5.02. The van der Waals surface area contributed by atoms with E-state index < -0.39 is 12.0 Å². The second-order valence-corrected chi connectivity index (χ2v) is 8.09. The van der Waals surface area contributed by atoms with Crippen molar-refractivity contribution in [2.45, 2.75) is 53.0 Å². The summed E-state index contributed by atoms with van der Waals surface area (Å²) in [6.45, 7) is 8.27. The Kier molecular flexibility index (Phi) is 7.79. The molecule has 0 radical (unpaired) electrons. The maximum Gasteiger partial charge on any atom is 0.326 e. The van der Waals surface area contributed by atoms with Crippen LogP contribution in [0, 0.1) is 17.8 Å². The van der Waals surface area contributed by atoms with Gasteiger partial charge in [0.2, 0.25) is 5.91 Å². The molecule has 1 heterocycles. The van der Waals surface area contributed by atoms with Gasteiger partial charge in [-0.3, -0.25) is 9.89 Å². The van der Waals surface area contributed by atoms with Gasteiger partial charge in [-0.1, -0.05) is 58.4 Å². The van der Waals surface area contributed by atoms with Gasteiger partial charge in [0.1, 0.15) is 6.04 Å². The zero-order valence-corrected chi connectivity index (χ0v) is 17.1. The van der Waals surface area contributed by atoms with Crippen LogP contribution in [-0.2, 0) is 16.0 Å². The molecule has 0 saturated carbocycles. The summed E-state index contributed by atoms with van der Waals surface area (Å²) in [5, 5.41) is 19.2. The van der Waals surface area contributed by atoms with Crippen molar-refractivity contribution in [1.29, 1.82) is 0 Å². The largest absolute Gasteiger partial charge is 0.480 e. The Morgan fingerprint density at radius 2 is 1.75 bits per heavy atom. The molecule has 0 bridgehead atoms. The van der Waals surface area contributed by atoms with Gasteiger partial charge in [0.05, 0.1) is 5.69 Å². The highest BCUT2D eigenvalue weighted by Gasteiger charge is 2.27. The number of carboxylic acid groups (broad SMARTS) is 1. The fraction of sp³-hybridized carbons (Fsp3) is 0.500. The lowest BCUT2D eigenvalue weighted by molar-refractivity contribution is -0.142. The summed E-state index contributed by atoms with van der Waals surface area (Å²) in [6.07, 6.45) is 3.65. The van der Waals surface area contributed by atoms with Crippen LogP contribution in [0.1, 0.15) is 46.1 Å². The number of hydrogen-bond acceptors (Lipinski definition) is 3. The van der Waals surface area contributed by atoms with Crippen molar-refractivity contribution < 1.29 is 14.7 Å². The lowest BCUT2D eigenvalue weighted by Crippen LogP contribution is -2.46. The number of carbonyl (C=O) groups is 2. The molecule has 0 unspecified atom stereocenters. The first kappa shape index (κ1) is 21.7. The molecule has 3 N–H and O–H groups in total. The molecule has 0 aliphatic rings. The number of H-pyrrole nitrogens is 1. The molecule has 0 fully saturated rings. The van der Waals surface area contributed by atoms with E-state index in [1.54, 1.807) is 6.20 Å². The molecule has 0 aliphatic heterocycles. The number of carbonyl (C=O) groups excluding carboxylic acids is 1. The van der Waals surface area contributed by atoms with Crippen molar-refractivity contribution in [1.82, 2.24) is 15.5 Å². The lowest BCUT2D eigenvalue weighted by atomic mass is 9.87. The van der Waals surface area contributed by atoms with Gasteiger partial charge in [-0.15, -0.1) is 0 Å². The first-order valence-electron chi connectivity index (χ1n) is 9.89. The minimum atomic E-state index is -1.02. The fourth-order valence-electron chi connectivity index (χ4n) is 3.23. The maximum atomic E-state index is 12.7. The predicted octanol–water partition coefficient (Wildman–Crippen LogP) is 3.90. The number of carboxylic acids is 1. The number of amides is 1. The molecule has 1 amide bonds. The number of benzene rings is 1. The van der Waals surface area contributed by atoms with Crippen LogP contribution in [0.25, 0.3) is 11.3 Å². The van der Waals surface area contributed by atoms with E-state index in [2.05, 4.69) is 29.4 Å². The first-order valence-corrected chi connectivity index (χ1v) is 9.89. The number of rotatable bonds is 10. The van der Waals surface area contributed by atoms with Gasteiger partial charge in [0, 0.05) is 18.5 Å². The van der Waals surface area contributed by atoms with Crippen molar-refractivity contribution in [3.8, 4) is 11.3 Å². The van der Waals surface area contributed by atoms with Crippen molar-refractivity contribution in [3.05, 3.63) is 42.1 Å². The van der Waals surface area contributed by atoms with Gasteiger partial charge in [0.15, 0.2) is 0 Å². The molecule has 2 rings (SSSR count). The Morgan fingerprint density at radius 3 is 2.25 bits per heavy atom. The van der Waals surface area contributed by atoms with E-state index in [9.17, 15) is 14.7 Å². The monoisotopic (exact) mass is 385 g/mol. The number of aliphatic carboxylic acids is 1. The summed E-state index contributed by atoms with van der Waals surface area (Å²) in [4.78, 5) is 24.4. The third-order valence-corrected chi connectivity index (χ3v) is 5.02. The normalized spacial score (nSPS) is 13.5. The van der Waals surface area contributed by atoms with Crippen LogP contribution in [0.2, 0.25) is 0 Å². The van der Waals surface area contributed by atoms with Crippen LogP contribution in [-0.4, -0.2) is 33.2 Å². The molecular formula is C22H31N3O3. The van der Waals surface area contributed by atoms with E-state index in [1.165, 1.54) is 0 Å². The van der Waals surface area contributed by atoms with Crippen LogP contribution in [0.5, 0.6) is 0 Å². The van der Waals surface area contributed by atoms with Crippen molar-refractivity contribution in [2.24, 2.45) is 17.8 Å². The van der Waals surface area contributed by atoms with Gasteiger partial charge in [-0.2, -0.15) is 5.10 Å². The van der Waals surface area contributed by atoms with E-state index in [0.29, 0.717) is 5.92 Å². The van der Waals surface area contributed by atoms with E-state index in [4.69, 9.17) is 0 Å². The average molecular weight is 386 g/mol. The highest BCUT2D eigenvalue weighted by Crippen LogP contribution is 2.21. The van der Waals surface area contributed by atoms with Gasteiger partial charge in [-0.25, -0.2) is 4.79 Å². The Bertz CT molecular complexity index is 752. The zero-order chi connectivity index (χ0) is 20.7. The van der Waals surface area contributed by atoms with Crippen molar-refractivity contribution in [2.75, 3.05) is 0 Å². The van der Waals surface area contributed by atoms with E-state index in [0.717, 1.165) is 29.7 Å². The van der Waals surface area contributed by atoms with Crippen LogP contribution in [0.4, 0.5) is 0 Å². The molecule has 6 nitrogen and oxygen atoms in total. The second-order valence-electron chi connectivity index (χ2n) is 8.09. The summed E-state index contributed by atoms with van der Waals surface area (Å²) in [7, 11) is 0.